The number of rotatable bonds is 8. The molecule has 2 heterocycles. The third-order valence-corrected chi connectivity index (χ3v) is 3.57. The summed E-state index contributed by atoms with van der Waals surface area (Å²) in [4.78, 5) is 12.4. The molecule has 0 spiro atoms. The third kappa shape index (κ3) is 3.90. The molecular weight excluding hydrogens is 282 g/mol. The fourth-order valence-corrected chi connectivity index (χ4v) is 2.35. The lowest BCUT2D eigenvalue weighted by Crippen LogP contribution is -2.33. The summed E-state index contributed by atoms with van der Waals surface area (Å²) >= 11 is 0. The van der Waals surface area contributed by atoms with Crippen LogP contribution in [-0.2, 0) is 0 Å². The molecule has 2 aromatic heterocycles. The van der Waals surface area contributed by atoms with E-state index >= 15 is 0 Å². The van der Waals surface area contributed by atoms with Crippen LogP contribution >= 0.6 is 0 Å². The van der Waals surface area contributed by atoms with Gasteiger partial charge in [-0.15, -0.1) is 0 Å². The Morgan fingerprint density at radius 2 is 2.23 bits per heavy atom. The first-order valence-corrected chi connectivity index (χ1v) is 7.73. The van der Waals surface area contributed by atoms with Crippen LogP contribution in [0.15, 0.2) is 27.3 Å². The van der Waals surface area contributed by atoms with Gasteiger partial charge < -0.3 is 20.0 Å². The lowest BCUT2D eigenvalue weighted by molar-refractivity contribution is 0.0939. The molecule has 0 bridgehead atoms. The molecular formula is C16H23N3O3. The zero-order valence-corrected chi connectivity index (χ0v) is 13.1. The van der Waals surface area contributed by atoms with E-state index in [-0.39, 0.29) is 23.4 Å². The number of furan rings is 1. The molecule has 1 atom stereocenters. The zero-order valence-electron chi connectivity index (χ0n) is 13.1. The molecule has 0 aliphatic rings. The molecule has 0 aliphatic heterocycles. The van der Waals surface area contributed by atoms with Gasteiger partial charge in [0.25, 0.3) is 5.91 Å². The van der Waals surface area contributed by atoms with Crippen LogP contribution in [0.3, 0.4) is 0 Å². The molecule has 0 aromatic carbocycles. The summed E-state index contributed by atoms with van der Waals surface area (Å²) in [6, 6.07) is 3.50. The quantitative estimate of drug-likeness (QED) is 0.726. The molecule has 2 aromatic rings. The van der Waals surface area contributed by atoms with Crippen LogP contribution in [0.2, 0.25) is 0 Å². The Morgan fingerprint density at radius 3 is 2.91 bits per heavy atom. The molecule has 1 unspecified atom stereocenters. The molecule has 22 heavy (non-hydrogen) atoms. The topological polar surface area (TPSA) is 94.3 Å². The number of aromatic nitrogens is 1. The summed E-state index contributed by atoms with van der Waals surface area (Å²) in [5, 5.41) is 6.76. The number of nitrogens with two attached hydrogens (primary N) is 1. The van der Waals surface area contributed by atoms with E-state index in [0.717, 1.165) is 12.8 Å². The maximum Gasteiger partial charge on any atom is 0.259 e. The van der Waals surface area contributed by atoms with E-state index in [1.807, 2.05) is 6.92 Å². The fourth-order valence-electron chi connectivity index (χ4n) is 2.35. The van der Waals surface area contributed by atoms with Crippen molar-refractivity contribution in [2.75, 3.05) is 5.73 Å². The van der Waals surface area contributed by atoms with Gasteiger partial charge in [-0.3, -0.25) is 4.79 Å². The van der Waals surface area contributed by atoms with Gasteiger partial charge >= 0.3 is 0 Å². The van der Waals surface area contributed by atoms with Crippen LogP contribution in [0.4, 0.5) is 5.88 Å². The van der Waals surface area contributed by atoms with E-state index < -0.39 is 0 Å². The van der Waals surface area contributed by atoms with Crippen molar-refractivity contribution in [3.05, 3.63) is 24.0 Å². The summed E-state index contributed by atoms with van der Waals surface area (Å²) in [6.45, 7) is 4.16. The van der Waals surface area contributed by atoms with Crippen molar-refractivity contribution >= 4 is 11.8 Å². The van der Waals surface area contributed by atoms with Gasteiger partial charge in [-0.25, -0.2) is 0 Å². The largest absolute Gasteiger partial charge is 0.463 e. The number of nitrogens with zero attached hydrogens (tertiary/aromatic N) is 1. The molecule has 0 aliphatic carbocycles. The molecule has 120 valence electrons. The van der Waals surface area contributed by atoms with Crippen molar-refractivity contribution in [3.8, 4) is 11.5 Å². The zero-order chi connectivity index (χ0) is 15.9. The van der Waals surface area contributed by atoms with Gasteiger partial charge in [0.1, 0.15) is 5.56 Å². The normalized spacial score (nSPS) is 12.3. The van der Waals surface area contributed by atoms with Crippen LogP contribution in [0.1, 0.15) is 56.3 Å². The van der Waals surface area contributed by atoms with Crippen LogP contribution in [0, 0.1) is 0 Å². The van der Waals surface area contributed by atoms with Crippen LogP contribution in [0.5, 0.6) is 0 Å². The van der Waals surface area contributed by atoms with Gasteiger partial charge in [-0.05, 0) is 25.5 Å². The Hall–Kier alpha value is -2.24. The smallest absolute Gasteiger partial charge is 0.259 e. The number of unbranched alkanes of at least 4 members (excludes halogenated alkanes) is 3. The molecule has 0 saturated carbocycles. The molecule has 0 saturated heterocycles. The summed E-state index contributed by atoms with van der Waals surface area (Å²) < 4.78 is 10.2. The predicted molar refractivity (Wildman–Crippen MR) is 84.3 cm³/mol. The first-order chi connectivity index (χ1) is 10.6. The monoisotopic (exact) mass is 305 g/mol. The second-order valence-corrected chi connectivity index (χ2v) is 5.47. The minimum Gasteiger partial charge on any atom is -0.463 e. The number of hydrogen-bond acceptors (Lipinski definition) is 5. The van der Waals surface area contributed by atoms with Crippen molar-refractivity contribution in [3.63, 3.8) is 0 Å². The highest BCUT2D eigenvalue weighted by atomic mass is 16.5. The highest BCUT2D eigenvalue weighted by Crippen LogP contribution is 2.27. The SMILES string of the molecule is CCCCCCC(C)NC(=O)c1c(-c2ccco2)noc1N. The predicted octanol–water partition coefficient (Wildman–Crippen LogP) is 3.61. The fraction of sp³-hybridized carbons (Fsp3) is 0.500. The van der Waals surface area contributed by atoms with Gasteiger partial charge in [0.15, 0.2) is 11.5 Å². The molecule has 3 N–H and O–H groups in total. The molecule has 2 rings (SSSR count). The first-order valence-electron chi connectivity index (χ1n) is 7.73. The van der Waals surface area contributed by atoms with Crippen molar-refractivity contribution in [1.82, 2.24) is 10.5 Å². The summed E-state index contributed by atoms with van der Waals surface area (Å²) in [5.74, 6) is 0.177. The van der Waals surface area contributed by atoms with Crippen LogP contribution in [0.25, 0.3) is 11.5 Å². The molecule has 0 radical (unpaired) electrons. The van der Waals surface area contributed by atoms with E-state index in [9.17, 15) is 4.79 Å². The summed E-state index contributed by atoms with van der Waals surface area (Å²) in [7, 11) is 0. The maximum atomic E-state index is 12.4. The lowest BCUT2D eigenvalue weighted by atomic mass is 10.1. The number of hydrogen-bond donors (Lipinski definition) is 2. The van der Waals surface area contributed by atoms with E-state index in [2.05, 4.69) is 17.4 Å². The minimum absolute atomic E-state index is 0.00193. The number of nitrogen functional groups attached to an aromatic ring is 1. The average molecular weight is 305 g/mol. The van der Waals surface area contributed by atoms with E-state index in [4.69, 9.17) is 14.7 Å². The van der Waals surface area contributed by atoms with Gasteiger partial charge in [0.05, 0.1) is 6.26 Å². The maximum absolute atomic E-state index is 12.4. The standard InChI is InChI=1S/C16H23N3O3/c1-3-4-5-6-8-11(2)18-16(20)13-14(19-22-15(13)17)12-9-7-10-21-12/h7,9-11H,3-6,8,17H2,1-2H3,(H,18,20). The molecule has 1 amide bonds. The number of nitrogens with one attached hydrogen (secondary N) is 1. The summed E-state index contributed by atoms with van der Waals surface area (Å²) in [5.41, 5.74) is 6.30. The Balaban J connectivity index is 1.99. The first kappa shape index (κ1) is 16.1. The lowest BCUT2D eigenvalue weighted by Gasteiger charge is -2.13. The number of anilines is 1. The van der Waals surface area contributed by atoms with Gasteiger partial charge in [0.2, 0.25) is 5.88 Å². The van der Waals surface area contributed by atoms with Crippen molar-refractivity contribution in [1.29, 1.82) is 0 Å². The third-order valence-electron chi connectivity index (χ3n) is 3.57. The average Bonchev–Trinajstić information content (AvgIpc) is 3.12. The Bertz CT molecular complexity index is 590. The molecule has 0 fully saturated rings. The molecule has 6 heteroatoms. The van der Waals surface area contributed by atoms with E-state index in [0.29, 0.717) is 11.5 Å². The second kappa shape index (κ2) is 7.68. The van der Waals surface area contributed by atoms with Crippen molar-refractivity contribution in [2.24, 2.45) is 0 Å². The Labute approximate surface area is 130 Å². The summed E-state index contributed by atoms with van der Waals surface area (Å²) in [6.07, 6.45) is 7.15. The van der Waals surface area contributed by atoms with Crippen molar-refractivity contribution in [2.45, 2.75) is 52.0 Å². The van der Waals surface area contributed by atoms with Crippen LogP contribution in [-0.4, -0.2) is 17.1 Å². The second-order valence-electron chi connectivity index (χ2n) is 5.47. The Kier molecular flexibility index (Phi) is 5.63. The highest BCUT2D eigenvalue weighted by Gasteiger charge is 2.24. The van der Waals surface area contributed by atoms with Crippen molar-refractivity contribution < 1.29 is 13.7 Å². The van der Waals surface area contributed by atoms with E-state index in [1.165, 1.54) is 25.5 Å². The minimum atomic E-state index is -0.284. The number of amides is 1. The highest BCUT2D eigenvalue weighted by molar-refractivity contribution is 6.03. The number of carbonyl (C=O) groups is 1. The van der Waals surface area contributed by atoms with Gasteiger partial charge in [0, 0.05) is 6.04 Å². The molecule has 6 nitrogen and oxygen atoms in total. The van der Waals surface area contributed by atoms with E-state index in [1.54, 1.807) is 12.1 Å². The number of carbonyl (C=O) groups excluding carboxylic acids is 1. The van der Waals surface area contributed by atoms with Gasteiger partial charge in [-0.2, -0.15) is 0 Å². The van der Waals surface area contributed by atoms with Gasteiger partial charge in [-0.1, -0.05) is 37.8 Å². The van der Waals surface area contributed by atoms with Crippen LogP contribution < -0.4 is 11.1 Å². The Morgan fingerprint density at radius 1 is 1.41 bits per heavy atom.